The molecule has 4 nitrogen and oxygen atoms in total. The summed E-state index contributed by atoms with van der Waals surface area (Å²) in [6.07, 6.45) is 3.52. The maximum Gasteiger partial charge on any atom is 0.257 e. The monoisotopic (exact) mass is 581 g/mol. The minimum Gasteiger partial charge on any atom is -0.489 e. The summed E-state index contributed by atoms with van der Waals surface area (Å²) in [6, 6.07) is 16.6. The minimum atomic E-state index is -3.03. The number of halogens is 4. The molecule has 0 radical (unpaired) electrons. The number of hydrogen-bond acceptors (Lipinski definition) is 4. The van der Waals surface area contributed by atoms with Crippen molar-refractivity contribution in [1.29, 1.82) is 0 Å². The zero-order chi connectivity index (χ0) is 29.5. The van der Waals surface area contributed by atoms with Gasteiger partial charge in [-0.15, -0.1) is 0 Å². The molecule has 8 heteroatoms. The summed E-state index contributed by atoms with van der Waals surface area (Å²) in [5.41, 5.74) is 3.13. The van der Waals surface area contributed by atoms with Crippen LogP contribution < -0.4 is 15.0 Å². The average Bonchev–Trinajstić information content (AvgIpc) is 3.17. The van der Waals surface area contributed by atoms with Crippen molar-refractivity contribution in [3.8, 4) is 5.75 Å². The molecule has 1 spiro atoms. The highest BCUT2D eigenvalue weighted by molar-refractivity contribution is 5.52. The Morgan fingerprint density at radius 3 is 2.38 bits per heavy atom. The molecule has 224 valence electrons. The SMILES string of the molecule is C[C@@H]1Cc2cc(OCc3ccccc3)ccc2C(c2c(F)cc(N3CCCC4(CC3)CNC4)cc2F)N1CC(C)(F)F. The van der Waals surface area contributed by atoms with Gasteiger partial charge in [-0.25, -0.2) is 17.6 Å². The van der Waals surface area contributed by atoms with Gasteiger partial charge in [0.05, 0.1) is 12.6 Å². The zero-order valence-electron chi connectivity index (χ0n) is 24.3. The van der Waals surface area contributed by atoms with Crippen LogP contribution in [0.4, 0.5) is 23.2 Å². The van der Waals surface area contributed by atoms with E-state index in [1.165, 1.54) is 12.1 Å². The average molecular weight is 582 g/mol. The van der Waals surface area contributed by atoms with Gasteiger partial charge >= 0.3 is 0 Å². The Kier molecular flexibility index (Phi) is 7.96. The molecule has 42 heavy (non-hydrogen) atoms. The summed E-state index contributed by atoms with van der Waals surface area (Å²) < 4.78 is 67.1. The molecule has 3 heterocycles. The van der Waals surface area contributed by atoms with Gasteiger partial charge in [-0.1, -0.05) is 36.4 Å². The van der Waals surface area contributed by atoms with E-state index < -0.39 is 30.1 Å². The summed E-state index contributed by atoms with van der Waals surface area (Å²) in [4.78, 5) is 3.61. The molecular formula is C34H39F4N3O. The Morgan fingerprint density at radius 1 is 0.976 bits per heavy atom. The first-order valence-electron chi connectivity index (χ1n) is 15.0. The van der Waals surface area contributed by atoms with Crippen LogP contribution in [0.25, 0.3) is 0 Å². The van der Waals surface area contributed by atoms with E-state index in [1.807, 2.05) is 43.3 Å². The Bertz CT molecular complexity index is 1380. The molecule has 3 aliphatic heterocycles. The third-order valence-corrected chi connectivity index (χ3v) is 9.28. The number of rotatable bonds is 7. The van der Waals surface area contributed by atoms with Crippen LogP contribution in [-0.4, -0.2) is 49.6 Å². The molecule has 2 saturated heterocycles. The second kappa shape index (κ2) is 11.5. The fourth-order valence-corrected chi connectivity index (χ4v) is 6.97. The van der Waals surface area contributed by atoms with E-state index in [1.54, 1.807) is 17.0 Å². The van der Waals surface area contributed by atoms with Gasteiger partial charge < -0.3 is 15.0 Å². The molecule has 0 amide bonds. The van der Waals surface area contributed by atoms with Gasteiger partial charge in [0.2, 0.25) is 0 Å². The van der Waals surface area contributed by atoms with Crippen molar-refractivity contribution in [1.82, 2.24) is 10.2 Å². The summed E-state index contributed by atoms with van der Waals surface area (Å²) in [6.45, 7) is 5.95. The normalized spacial score (nSPS) is 22.4. The van der Waals surface area contributed by atoms with Crippen LogP contribution in [0.1, 0.15) is 61.4 Å². The van der Waals surface area contributed by atoms with E-state index in [0.29, 0.717) is 35.4 Å². The van der Waals surface area contributed by atoms with Crippen LogP contribution in [0.15, 0.2) is 60.7 Å². The molecule has 3 aliphatic rings. The van der Waals surface area contributed by atoms with Crippen LogP contribution in [0.2, 0.25) is 0 Å². The predicted molar refractivity (Wildman–Crippen MR) is 157 cm³/mol. The van der Waals surface area contributed by atoms with E-state index in [0.717, 1.165) is 63.5 Å². The van der Waals surface area contributed by atoms with Gasteiger partial charge in [-0.05, 0) is 79.0 Å². The lowest BCUT2D eigenvalue weighted by Gasteiger charge is -2.43. The lowest BCUT2D eigenvalue weighted by Crippen LogP contribution is -2.53. The molecule has 0 aromatic heterocycles. The molecular weight excluding hydrogens is 542 g/mol. The smallest absolute Gasteiger partial charge is 0.257 e. The number of alkyl halides is 2. The zero-order valence-corrected chi connectivity index (χ0v) is 24.3. The highest BCUT2D eigenvalue weighted by Crippen LogP contribution is 2.43. The quantitative estimate of drug-likeness (QED) is 0.301. The molecule has 6 rings (SSSR count). The van der Waals surface area contributed by atoms with Crippen molar-refractivity contribution in [3.63, 3.8) is 0 Å². The van der Waals surface area contributed by atoms with E-state index in [9.17, 15) is 8.78 Å². The standard InChI is InChI=1S/C34H39F4N3O/c1-23-15-25-16-27(42-19-24-7-4-3-5-8-24)9-10-28(25)32(41(23)22-33(2,37)38)31-29(35)17-26(18-30(31)36)40-13-6-11-34(12-14-40)20-39-21-34/h3-5,7-10,16-18,23,32,39H,6,11-15,19-22H2,1-2H3/t23-,32?/m1/s1. The molecule has 2 fully saturated rings. The van der Waals surface area contributed by atoms with Crippen LogP contribution >= 0.6 is 0 Å². The molecule has 0 bridgehead atoms. The number of hydrogen-bond donors (Lipinski definition) is 1. The lowest BCUT2D eigenvalue weighted by molar-refractivity contribution is -0.0371. The summed E-state index contributed by atoms with van der Waals surface area (Å²) in [5, 5.41) is 3.36. The van der Waals surface area contributed by atoms with Crippen LogP contribution in [-0.2, 0) is 13.0 Å². The van der Waals surface area contributed by atoms with Gasteiger partial charge in [0.25, 0.3) is 5.92 Å². The molecule has 0 aliphatic carbocycles. The number of fused-ring (bicyclic) bond motifs is 1. The second-order valence-electron chi connectivity index (χ2n) is 12.6. The maximum atomic E-state index is 16.1. The van der Waals surface area contributed by atoms with Crippen molar-refractivity contribution in [2.45, 2.75) is 64.1 Å². The van der Waals surface area contributed by atoms with Gasteiger partial charge in [-0.2, -0.15) is 0 Å². The fraction of sp³-hybridized carbons (Fsp3) is 0.471. The highest BCUT2D eigenvalue weighted by atomic mass is 19.3. The Balaban J connectivity index is 1.32. The number of ether oxygens (including phenoxy) is 1. The van der Waals surface area contributed by atoms with Crippen LogP contribution in [0.3, 0.4) is 0 Å². The molecule has 1 N–H and O–H groups in total. The molecule has 0 saturated carbocycles. The van der Waals surface area contributed by atoms with Gasteiger partial charge in [-0.3, -0.25) is 4.90 Å². The third kappa shape index (κ3) is 6.02. The number of nitrogens with zero attached hydrogens (tertiary/aromatic N) is 2. The first kappa shape index (κ1) is 29.0. The molecule has 3 aromatic rings. The second-order valence-corrected chi connectivity index (χ2v) is 12.6. The predicted octanol–water partition coefficient (Wildman–Crippen LogP) is 7.11. The van der Waals surface area contributed by atoms with Gasteiger partial charge in [0.1, 0.15) is 24.0 Å². The number of anilines is 1. The number of nitrogens with one attached hydrogen (secondary N) is 1. The van der Waals surface area contributed by atoms with Crippen molar-refractivity contribution >= 4 is 5.69 Å². The van der Waals surface area contributed by atoms with Crippen molar-refractivity contribution in [2.75, 3.05) is 37.6 Å². The topological polar surface area (TPSA) is 27.7 Å². The first-order valence-corrected chi connectivity index (χ1v) is 15.0. The number of benzene rings is 3. The lowest BCUT2D eigenvalue weighted by atomic mass is 9.75. The minimum absolute atomic E-state index is 0.178. The third-order valence-electron chi connectivity index (χ3n) is 9.28. The fourth-order valence-electron chi connectivity index (χ4n) is 6.97. The summed E-state index contributed by atoms with van der Waals surface area (Å²) in [5.74, 6) is -3.80. The molecule has 3 aromatic carbocycles. The van der Waals surface area contributed by atoms with E-state index in [-0.39, 0.29) is 11.6 Å². The van der Waals surface area contributed by atoms with E-state index in [2.05, 4.69) is 10.2 Å². The molecule has 1 unspecified atom stereocenters. The summed E-state index contributed by atoms with van der Waals surface area (Å²) >= 11 is 0. The van der Waals surface area contributed by atoms with E-state index >= 15 is 8.78 Å². The summed E-state index contributed by atoms with van der Waals surface area (Å²) in [7, 11) is 0. The van der Waals surface area contributed by atoms with Gasteiger partial charge in [0, 0.05) is 50.4 Å². The van der Waals surface area contributed by atoms with Crippen molar-refractivity contribution < 1.29 is 22.3 Å². The highest BCUT2D eigenvalue weighted by Gasteiger charge is 2.41. The Hall–Kier alpha value is -3.10. The maximum absolute atomic E-state index is 16.1. The Morgan fingerprint density at radius 2 is 1.71 bits per heavy atom. The largest absolute Gasteiger partial charge is 0.489 e. The van der Waals surface area contributed by atoms with E-state index in [4.69, 9.17) is 4.74 Å². The van der Waals surface area contributed by atoms with Crippen molar-refractivity contribution in [2.24, 2.45) is 5.41 Å². The van der Waals surface area contributed by atoms with Crippen LogP contribution in [0, 0.1) is 17.0 Å². The Labute approximate surface area is 245 Å². The van der Waals surface area contributed by atoms with Crippen LogP contribution in [0.5, 0.6) is 5.75 Å². The molecule has 2 atom stereocenters. The van der Waals surface area contributed by atoms with Gasteiger partial charge in [0.15, 0.2) is 0 Å². The van der Waals surface area contributed by atoms with Crippen molar-refractivity contribution in [3.05, 3.63) is 94.6 Å². The first-order chi connectivity index (χ1) is 20.1.